The summed E-state index contributed by atoms with van der Waals surface area (Å²) in [5.74, 6) is 0.638. The highest BCUT2D eigenvalue weighted by Gasteiger charge is 2.35. The maximum absolute atomic E-state index is 12.5. The Balaban J connectivity index is 1.27. The third kappa shape index (κ3) is 5.07. The molecule has 0 radical (unpaired) electrons. The zero-order valence-corrected chi connectivity index (χ0v) is 22.1. The lowest BCUT2D eigenvalue weighted by molar-refractivity contribution is -0.133. The molecule has 3 heterocycles. The first kappa shape index (κ1) is 24.6. The van der Waals surface area contributed by atoms with Crippen LogP contribution in [0, 0.1) is 5.92 Å². The van der Waals surface area contributed by atoms with Gasteiger partial charge in [-0.1, -0.05) is 18.2 Å². The van der Waals surface area contributed by atoms with Crippen LogP contribution in [0.3, 0.4) is 0 Å². The largest absolute Gasteiger partial charge is 0.369 e. The molecule has 5 rings (SSSR count). The number of hydrogen-bond donors (Lipinski definition) is 0. The minimum atomic E-state index is 0.290. The molecule has 0 unspecified atom stereocenters. The highest BCUT2D eigenvalue weighted by atomic mass is 16.2. The molecule has 192 valence electrons. The van der Waals surface area contributed by atoms with Crippen LogP contribution in [0.15, 0.2) is 47.7 Å². The fourth-order valence-electron chi connectivity index (χ4n) is 5.53. The lowest BCUT2D eigenvalue weighted by Crippen LogP contribution is -2.48. The molecule has 1 amide bonds. The summed E-state index contributed by atoms with van der Waals surface area (Å²) in [6, 6.07) is 11.7. The Morgan fingerprint density at radius 1 is 0.944 bits per heavy atom. The van der Waals surface area contributed by atoms with Gasteiger partial charge in [0.25, 0.3) is 0 Å². The first-order chi connectivity index (χ1) is 17.5. The number of carbonyl (C=O) groups is 1. The van der Waals surface area contributed by atoms with Gasteiger partial charge in [-0.05, 0) is 57.4 Å². The SMILES string of the molecule is C=Nn1cc(-c2ccc(N3CCN(C(C)C)CC3)cc2)cc1/C(=C\C)N1CCN(C(=O)C2CC2)CC1. The first-order valence-electron chi connectivity index (χ1n) is 13.5. The van der Waals surface area contributed by atoms with Crippen molar-refractivity contribution >= 4 is 24.0 Å². The smallest absolute Gasteiger partial charge is 0.225 e. The number of allylic oxidation sites excluding steroid dienone is 1. The van der Waals surface area contributed by atoms with Crippen LogP contribution in [0.2, 0.25) is 0 Å². The molecular weight excluding hydrogens is 448 g/mol. The lowest BCUT2D eigenvalue weighted by Gasteiger charge is -2.38. The summed E-state index contributed by atoms with van der Waals surface area (Å²) in [4.78, 5) is 21.9. The quantitative estimate of drug-likeness (QED) is 0.552. The van der Waals surface area contributed by atoms with Crippen molar-refractivity contribution in [1.29, 1.82) is 0 Å². The van der Waals surface area contributed by atoms with Crippen molar-refractivity contribution in [3.8, 4) is 11.1 Å². The molecule has 3 aliphatic rings. The third-order valence-corrected chi connectivity index (χ3v) is 7.96. The summed E-state index contributed by atoms with van der Waals surface area (Å²) in [6.45, 7) is 18.1. The van der Waals surface area contributed by atoms with Gasteiger partial charge in [-0.2, -0.15) is 5.10 Å². The van der Waals surface area contributed by atoms with Crippen LogP contribution < -0.4 is 4.90 Å². The van der Waals surface area contributed by atoms with E-state index in [0.717, 1.165) is 82.2 Å². The monoisotopic (exact) mass is 488 g/mol. The van der Waals surface area contributed by atoms with E-state index < -0.39 is 0 Å². The van der Waals surface area contributed by atoms with E-state index in [1.165, 1.54) is 11.3 Å². The number of benzene rings is 1. The van der Waals surface area contributed by atoms with E-state index >= 15 is 0 Å². The predicted molar refractivity (Wildman–Crippen MR) is 148 cm³/mol. The Bertz CT molecular complexity index is 1100. The average molecular weight is 489 g/mol. The minimum Gasteiger partial charge on any atom is -0.369 e. The Hall–Kier alpha value is -3.06. The molecule has 0 bridgehead atoms. The molecule has 1 saturated carbocycles. The zero-order valence-electron chi connectivity index (χ0n) is 22.1. The molecule has 36 heavy (non-hydrogen) atoms. The number of amides is 1. The van der Waals surface area contributed by atoms with Crippen molar-refractivity contribution < 1.29 is 4.79 Å². The Labute approximate surface area is 215 Å². The second-order valence-electron chi connectivity index (χ2n) is 10.5. The maximum Gasteiger partial charge on any atom is 0.225 e. The van der Waals surface area contributed by atoms with Crippen LogP contribution in [-0.2, 0) is 4.79 Å². The molecule has 3 fully saturated rings. The standard InChI is InChI=1S/C29H40N6O/c1-5-27(33-16-18-34(19-17-33)29(36)24-6-7-24)28-20-25(21-35(28)30-4)23-8-10-26(11-9-23)32-14-12-31(13-15-32)22(2)3/h5,8-11,20-22,24H,4,6-7,12-19H2,1-3H3/b27-5+. The van der Waals surface area contributed by atoms with Crippen LogP contribution >= 0.6 is 0 Å². The number of aromatic nitrogens is 1. The van der Waals surface area contributed by atoms with Crippen LogP contribution in [-0.4, -0.2) is 90.4 Å². The molecule has 0 N–H and O–H groups in total. The topological polar surface area (TPSA) is 47.3 Å². The van der Waals surface area contributed by atoms with E-state index in [9.17, 15) is 4.79 Å². The Kier molecular flexibility index (Phi) is 7.19. The van der Waals surface area contributed by atoms with E-state index in [0.29, 0.717) is 17.9 Å². The summed E-state index contributed by atoms with van der Waals surface area (Å²) in [5, 5.41) is 4.29. The van der Waals surface area contributed by atoms with E-state index in [2.05, 4.69) is 89.9 Å². The summed E-state index contributed by atoms with van der Waals surface area (Å²) in [6.07, 6.45) is 6.35. The highest BCUT2D eigenvalue weighted by Crippen LogP contribution is 2.33. The Morgan fingerprint density at radius 3 is 2.14 bits per heavy atom. The van der Waals surface area contributed by atoms with Crippen LogP contribution in [0.1, 0.15) is 39.3 Å². The molecule has 2 saturated heterocycles. The number of carbonyl (C=O) groups excluding carboxylic acids is 1. The number of rotatable bonds is 7. The van der Waals surface area contributed by atoms with Gasteiger partial charge in [0.1, 0.15) is 0 Å². The molecule has 7 heteroatoms. The number of hydrogen-bond acceptors (Lipinski definition) is 5. The molecule has 1 aromatic heterocycles. The molecule has 0 spiro atoms. The second kappa shape index (κ2) is 10.5. The average Bonchev–Trinajstić information content (AvgIpc) is 3.69. The zero-order chi connectivity index (χ0) is 25.2. The summed E-state index contributed by atoms with van der Waals surface area (Å²) in [5.41, 5.74) is 5.79. The summed E-state index contributed by atoms with van der Waals surface area (Å²) < 4.78 is 1.88. The van der Waals surface area contributed by atoms with E-state index in [1.54, 1.807) is 0 Å². The highest BCUT2D eigenvalue weighted by molar-refractivity contribution is 5.81. The van der Waals surface area contributed by atoms with Crippen molar-refractivity contribution in [1.82, 2.24) is 19.4 Å². The third-order valence-electron chi connectivity index (χ3n) is 7.96. The fraction of sp³-hybridized carbons (Fsp3) is 0.517. The lowest BCUT2D eigenvalue weighted by atomic mass is 10.1. The van der Waals surface area contributed by atoms with Crippen molar-refractivity contribution in [2.75, 3.05) is 57.3 Å². The van der Waals surface area contributed by atoms with Gasteiger partial charge in [-0.3, -0.25) is 9.69 Å². The van der Waals surface area contributed by atoms with Gasteiger partial charge in [-0.15, -0.1) is 0 Å². The van der Waals surface area contributed by atoms with Gasteiger partial charge in [-0.25, -0.2) is 4.68 Å². The van der Waals surface area contributed by atoms with Crippen molar-refractivity contribution in [3.63, 3.8) is 0 Å². The van der Waals surface area contributed by atoms with Crippen molar-refractivity contribution in [2.45, 2.75) is 39.7 Å². The normalized spacial score (nSPS) is 19.8. The molecular formula is C29H40N6O. The van der Waals surface area contributed by atoms with Gasteiger partial charge in [0.2, 0.25) is 5.91 Å². The summed E-state index contributed by atoms with van der Waals surface area (Å²) >= 11 is 0. The van der Waals surface area contributed by atoms with Gasteiger partial charge >= 0.3 is 0 Å². The van der Waals surface area contributed by atoms with E-state index in [4.69, 9.17) is 0 Å². The van der Waals surface area contributed by atoms with Crippen molar-refractivity contribution in [3.05, 3.63) is 48.3 Å². The number of anilines is 1. The van der Waals surface area contributed by atoms with E-state index in [1.807, 2.05) is 9.58 Å². The first-order valence-corrected chi connectivity index (χ1v) is 13.5. The van der Waals surface area contributed by atoms with Crippen LogP contribution in [0.4, 0.5) is 5.69 Å². The molecule has 2 aromatic rings. The van der Waals surface area contributed by atoms with Crippen molar-refractivity contribution in [2.24, 2.45) is 11.0 Å². The fourth-order valence-corrected chi connectivity index (χ4v) is 5.53. The summed E-state index contributed by atoms with van der Waals surface area (Å²) in [7, 11) is 0. The van der Waals surface area contributed by atoms with Gasteiger partial charge in [0.15, 0.2) is 0 Å². The molecule has 1 aliphatic carbocycles. The second-order valence-corrected chi connectivity index (χ2v) is 10.5. The van der Waals surface area contributed by atoms with E-state index in [-0.39, 0.29) is 0 Å². The maximum atomic E-state index is 12.5. The van der Waals surface area contributed by atoms with Gasteiger partial charge < -0.3 is 14.7 Å². The predicted octanol–water partition coefficient (Wildman–Crippen LogP) is 4.06. The number of piperazine rings is 2. The molecule has 0 atom stereocenters. The van der Waals surface area contributed by atoms with Gasteiger partial charge in [0, 0.05) is 88.5 Å². The van der Waals surface area contributed by atoms with Crippen LogP contribution in [0.5, 0.6) is 0 Å². The number of nitrogens with zero attached hydrogens (tertiary/aromatic N) is 6. The van der Waals surface area contributed by atoms with Crippen LogP contribution in [0.25, 0.3) is 16.8 Å². The minimum absolute atomic E-state index is 0.290. The molecule has 2 aliphatic heterocycles. The van der Waals surface area contributed by atoms with Gasteiger partial charge in [0.05, 0.1) is 11.4 Å². The molecule has 7 nitrogen and oxygen atoms in total. The Morgan fingerprint density at radius 2 is 1.58 bits per heavy atom. The molecule has 1 aromatic carbocycles.